The van der Waals surface area contributed by atoms with Gasteiger partial charge < -0.3 is 9.52 Å². The highest BCUT2D eigenvalue weighted by atomic mass is 19.1. The number of furan rings is 1. The van der Waals surface area contributed by atoms with Crippen LogP contribution in [0.1, 0.15) is 31.2 Å². The van der Waals surface area contributed by atoms with Gasteiger partial charge >= 0.3 is 5.69 Å². The number of halogens is 1. The molecular formula is C19H18FN3O4. The number of aromatic hydroxyl groups is 1. The molecule has 2 aromatic heterocycles. The van der Waals surface area contributed by atoms with Gasteiger partial charge in [-0.1, -0.05) is 0 Å². The second kappa shape index (κ2) is 7.45. The Hall–Kier alpha value is -3.42. The fourth-order valence-electron chi connectivity index (χ4n) is 2.61. The molecule has 3 aromatic rings. The summed E-state index contributed by atoms with van der Waals surface area (Å²) in [7, 11) is 0. The number of hydrogen-bond acceptors (Lipinski definition) is 5. The molecule has 0 aliphatic heterocycles. The van der Waals surface area contributed by atoms with Crippen LogP contribution in [0.15, 0.2) is 61.7 Å². The van der Waals surface area contributed by atoms with Crippen molar-refractivity contribution in [3.8, 4) is 5.88 Å². The van der Waals surface area contributed by atoms with Gasteiger partial charge in [-0.25, -0.2) is 9.18 Å². The molecule has 1 aromatic carbocycles. The van der Waals surface area contributed by atoms with Crippen molar-refractivity contribution in [2.45, 2.75) is 26.4 Å². The number of rotatable bonds is 5. The Kier molecular flexibility index (Phi) is 5.07. The second-order valence-electron chi connectivity index (χ2n) is 6.19. The molecule has 0 bridgehead atoms. The van der Waals surface area contributed by atoms with E-state index in [0.29, 0.717) is 11.4 Å². The van der Waals surface area contributed by atoms with Crippen LogP contribution >= 0.6 is 0 Å². The van der Waals surface area contributed by atoms with E-state index in [2.05, 4.69) is 4.99 Å². The normalized spacial score (nSPS) is 11.6. The minimum Gasteiger partial charge on any atom is -0.494 e. The van der Waals surface area contributed by atoms with E-state index in [-0.39, 0.29) is 12.1 Å². The third-order valence-corrected chi connectivity index (χ3v) is 3.96. The summed E-state index contributed by atoms with van der Waals surface area (Å²) in [5, 5.41) is 10.5. The Labute approximate surface area is 153 Å². The zero-order valence-electron chi connectivity index (χ0n) is 14.8. The topological polar surface area (TPSA) is 89.7 Å². The first-order chi connectivity index (χ1) is 12.9. The molecular weight excluding hydrogens is 353 g/mol. The Morgan fingerprint density at radius 2 is 1.93 bits per heavy atom. The van der Waals surface area contributed by atoms with Gasteiger partial charge in [0.25, 0.3) is 5.56 Å². The first-order valence-corrected chi connectivity index (χ1v) is 8.28. The molecule has 2 heterocycles. The second-order valence-corrected chi connectivity index (χ2v) is 6.19. The summed E-state index contributed by atoms with van der Waals surface area (Å²) in [5.74, 6) is -0.474. The van der Waals surface area contributed by atoms with Gasteiger partial charge in [-0.05, 0) is 50.2 Å². The largest absolute Gasteiger partial charge is 0.494 e. The van der Waals surface area contributed by atoms with Crippen molar-refractivity contribution in [3.63, 3.8) is 0 Å². The highest BCUT2D eigenvalue weighted by molar-refractivity contribution is 5.84. The minimum absolute atomic E-state index is 0.0396. The number of nitrogens with zero attached hydrogens (tertiary/aromatic N) is 3. The van der Waals surface area contributed by atoms with Crippen molar-refractivity contribution in [1.82, 2.24) is 9.13 Å². The maximum Gasteiger partial charge on any atom is 0.334 e. The van der Waals surface area contributed by atoms with Crippen LogP contribution in [-0.4, -0.2) is 20.5 Å². The van der Waals surface area contributed by atoms with E-state index in [9.17, 15) is 19.1 Å². The van der Waals surface area contributed by atoms with Crippen molar-refractivity contribution >= 4 is 11.9 Å². The molecule has 0 aliphatic carbocycles. The third-order valence-electron chi connectivity index (χ3n) is 3.96. The van der Waals surface area contributed by atoms with Gasteiger partial charge in [-0.2, -0.15) is 0 Å². The fraction of sp³-hybridized carbons (Fsp3) is 0.211. The lowest BCUT2D eigenvalue weighted by molar-refractivity contribution is 0.375. The van der Waals surface area contributed by atoms with Crippen LogP contribution in [0.4, 0.5) is 10.1 Å². The van der Waals surface area contributed by atoms with E-state index in [0.717, 1.165) is 9.13 Å². The third kappa shape index (κ3) is 3.74. The van der Waals surface area contributed by atoms with Crippen LogP contribution in [0.25, 0.3) is 0 Å². The Morgan fingerprint density at radius 1 is 1.22 bits per heavy atom. The highest BCUT2D eigenvalue weighted by Crippen LogP contribution is 2.16. The summed E-state index contributed by atoms with van der Waals surface area (Å²) in [6.45, 7) is 3.35. The molecule has 0 amide bonds. The summed E-state index contributed by atoms with van der Waals surface area (Å²) in [6, 6.07) is 8.22. The molecule has 8 heteroatoms. The maximum absolute atomic E-state index is 13.0. The Bertz CT molecular complexity index is 1080. The lowest BCUT2D eigenvalue weighted by Crippen LogP contribution is -2.42. The van der Waals surface area contributed by atoms with Gasteiger partial charge in [0.2, 0.25) is 5.88 Å². The van der Waals surface area contributed by atoms with Gasteiger partial charge in [-0.15, -0.1) is 0 Å². The van der Waals surface area contributed by atoms with E-state index in [1.165, 1.54) is 36.7 Å². The minimum atomic E-state index is -0.658. The molecule has 0 atom stereocenters. The zero-order chi connectivity index (χ0) is 19.6. The molecule has 0 saturated heterocycles. The molecule has 0 radical (unpaired) electrons. The average molecular weight is 371 g/mol. The van der Waals surface area contributed by atoms with Crippen LogP contribution in [0.3, 0.4) is 0 Å². The fourth-order valence-corrected chi connectivity index (χ4v) is 2.61. The summed E-state index contributed by atoms with van der Waals surface area (Å²) >= 11 is 0. The zero-order valence-corrected chi connectivity index (χ0v) is 14.8. The quantitative estimate of drug-likeness (QED) is 0.699. The maximum atomic E-state index is 13.0. The lowest BCUT2D eigenvalue weighted by atomic mass is 10.2. The predicted molar refractivity (Wildman–Crippen MR) is 98.5 cm³/mol. The lowest BCUT2D eigenvalue weighted by Gasteiger charge is -2.15. The smallest absolute Gasteiger partial charge is 0.334 e. The molecule has 0 fully saturated rings. The molecule has 7 nitrogen and oxygen atoms in total. The predicted octanol–water partition coefficient (Wildman–Crippen LogP) is 2.83. The molecule has 3 rings (SSSR count). The van der Waals surface area contributed by atoms with Crippen LogP contribution in [0.5, 0.6) is 5.88 Å². The van der Waals surface area contributed by atoms with Gasteiger partial charge in [0.1, 0.15) is 17.1 Å². The summed E-state index contributed by atoms with van der Waals surface area (Å²) in [5.41, 5.74) is -1.05. The van der Waals surface area contributed by atoms with Crippen LogP contribution < -0.4 is 11.2 Å². The first-order valence-electron chi connectivity index (χ1n) is 8.28. The SMILES string of the molecule is CC(C)n1c(=O)c(C=Nc2ccc(F)cc2)c(O)n(Cc2ccco2)c1=O. The molecule has 0 saturated carbocycles. The summed E-state index contributed by atoms with van der Waals surface area (Å²) in [6.07, 6.45) is 2.62. The van der Waals surface area contributed by atoms with Crippen molar-refractivity contribution < 1.29 is 13.9 Å². The summed E-state index contributed by atoms with van der Waals surface area (Å²) < 4.78 is 20.3. The molecule has 140 valence electrons. The molecule has 0 unspecified atom stereocenters. The first kappa shape index (κ1) is 18.4. The standard InChI is InChI=1S/C19H18FN3O4/c1-12(2)23-18(25)16(10-21-14-7-5-13(20)6-8-14)17(24)22(19(23)26)11-15-4-3-9-27-15/h3-10,12,24H,11H2,1-2H3. The number of benzene rings is 1. The van der Waals surface area contributed by atoms with Crippen molar-refractivity contribution in [1.29, 1.82) is 0 Å². The Morgan fingerprint density at radius 3 is 2.52 bits per heavy atom. The summed E-state index contributed by atoms with van der Waals surface area (Å²) in [4.78, 5) is 29.5. The van der Waals surface area contributed by atoms with Crippen molar-refractivity contribution in [3.05, 3.63) is 80.6 Å². The number of hydrogen-bond donors (Lipinski definition) is 1. The molecule has 27 heavy (non-hydrogen) atoms. The molecule has 1 N–H and O–H groups in total. The van der Waals surface area contributed by atoms with Gasteiger partial charge in [0, 0.05) is 12.3 Å². The van der Waals surface area contributed by atoms with E-state index < -0.39 is 29.0 Å². The van der Waals surface area contributed by atoms with E-state index >= 15 is 0 Å². The van der Waals surface area contributed by atoms with Crippen LogP contribution in [0.2, 0.25) is 0 Å². The highest BCUT2D eigenvalue weighted by Gasteiger charge is 2.20. The molecule has 0 aliphatic rings. The Balaban J connectivity index is 2.14. The van der Waals surface area contributed by atoms with Gasteiger partial charge in [0.05, 0.1) is 18.5 Å². The molecule has 0 spiro atoms. The van der Waals surface area contributed by atoms with E-state index in [1.54, 1.807) is 26.0 Å². The van der Waals surface area contributed by atoms with Crippen molar-refractivity contribution in [2.24, 2.45) is 4.99 Å². The van der Waals surface area contributed by atoms with Crippen LogP contribution in [-0.2, 0) is 6.54 Å². The number of aromatic nitrogens is 2. The van der Waals surface area contributed by atoms with E-state index in [4.69, 9.17) is 4.42 Å². The van der Waals surface area contributed by atoms with Crippen molar-refractivity contribution in [2.75, 3.05) is 0 Å². The van der Waals surface area contributed by atoms with Crippen LogP contribution in [0, 0.1) is 5.82 Å². The van der Waals surface area contributed by atoms with Gasteiger partial charge in [-0.3, -0.25) is 18.9 Å². The monoisotopic (exact) mass is 371 g/mol. The number of aliphatic imine (C=N–C) groups is 1. The average Bonchev–Trinajstić information content (AvgIpc) is 3.13. The van der Waals surface area contributed by atoms with E-state index in [1.807, 2.05) is 0 Å². The van der Waals surface area contributed by atoms with Gasteiger partial charge in [0.15, 0.2) is 0 Å².